The molecule has 0 radical (unpaired) electrons. The summed E-state index contributed by atoms with van der Waals surface area (Å²) in [6.07, 6.45) is 0. The van der Waals surface area contributed by atoms with Gasteiger partial charge in [-0.25, -0.2) is 12.7 Å². The van der Waals surface area contributed by atoms with Crippen LogP contribution in [0.25, 0.3) is 0 Å². The molecule has 1 atom stereocenters. The lowest BCUT2D eigenvalue weighted by Gasteiger charge is -2.22. The van der Waals surface area contributed by atoms with Crippen LogP contribution in [0.15, 0.2) is 57.9 Å². The number of carbonyl (C=O) groups is 2. The Hall–Kier alpha value is -2.19. The number of nitrogens with one attached hydrogen (secondary N) is 1. The van der Waals surface area contributed by atoms with Gasteiger partial charge < -0.3 is 5.32 Å². The third-order valence-corrected chi connectivity index (χ3v) is 6.08. The van der Waals surface area contributed by atoms with Gasteiger partial charge >= 0.3 is 0 Å². The molecule has 0 saturated heterocycles. The lowest BCUT2D eigenvalue weighted by atomic mass is 10.2. The van der Waals surface area contributed by atoms with Crippen molar-refractivity contribution in [2.75, 3.05) is 5.32 Å². The highest BCUT2D eigenvalue weighted by Crippen LogP contribution is 2.32. The van der Waals surface area contributed by atoms with E-state index in [0.717, 1.165) is 4.47 Å². The molecule has 2 aromatic carbocycles. The number of fused-ring (bicyclic) bond motifs is 1. The van der Waals surface area contributed by atoms with Crippen molar-refractivity contribution in [3.8, 4) is 0 Å². The zero-order chi connectivity index (χ0) is 17.5. The Morgan fingerprint density at radius 3 is 2.54 bits per heavy atom. The predicted molar refractivity (Wildman–Crippen MR) is 92.0 cm³/mol. The lowest BCUT2D eigenvalue weighted by molar-refractivity contribution is -0.118. The summed E-state index contributed by atoms with van der Waals surface area (Å²) in [4.78, 5) is 24.8. The maximum atomic E-state index is 12.6. The van der Waals surface area contributed by atoms with Crippen LogP contribution in [-0.4, -0.2) is 30.6 Å². The van der Waals surface area contributed by atoms with Crippen LogP contribution in [0.3, 0.4) is 0 Å². The van der Waals surface area contributed by atoms with E-state index in [1.807, 2.05) is 0 Å². The van der Waals surface area contributed by atoms with Crippen LogP contribution in [0.2, 0.25) is 0 Å². The summed E-state index contributed by atoms with van der Waals surface area (Å²) in [5, 5.41) is 2.62. The topological polar surface area (TPSA) is 83.6 Å². The number of rotatable bonds is 3. The van der Waals surface area contributed by atoms with Gasteiger partial charge in [0, 0.05) is 10.2 Å². The summed E-state index contributed by atoms with van der Waals surface area (Å²) in [5.41, 5.74) is 0.586. The van der Waals surface area contributed by atoms with Crippen LogP contribution in [-0.2, 0) is 14.8 Å². The molecule has 0 saturated carbocycles. The van der Waals surface area contributed by atoms with Gasteiger partial charge in [-0.2, -0.15) is 0 Å². The Kier molecular flexibility index (Phi) is 4.18. The maximum absolute atomic E-state index is 12.6. The van der Waals surface area contributed by atoms with Gasteiger partial charge in [0.05, 0.1) is 5.56 Å². The molecular weight excluding hydrogens is 396 g/mol. The summed E-state index contributed by atoms with van der Waals surface area (Å²) in [6.45, 7) is 1.38. The van der Waals surface area contributed by atoms with Crippen molar-refractivity contribution in [3.05, 3.63) is 58.6 Å². The van der Waals surface area contributed by atoms with Crippen molar-refractivity contribution in [2.24, 2.45) is 0 Å². The number of benzene rings is 2. The summed E-state index contributed by atoms with van der Waals surface area (Å²) >= 11 is 3.29. The van der Waals surface area contributed by atoms with Crippen molar-refractivity contribution in [1.29, 1.82) is 0 Å². The van der Waals surface area contributed by atoms with Crippen molar-refractivity contribution in [1.82, 2.24) is 4.31 Å². The third kappa shape index (κ3) is 2.71. The van der Waals surface area contributed by atoms with E-state index < -0.39 is 27.9 Å². The van der Waals surface area contributed by atoms with E-state index in [9.17, 15) is 18.0 Å². The molecule has 0 aromatic heterocycles. The molecule has 1 N–H and O–H groups in total. The van der Waals surface area contributed by atoms with E-state index in [4.69, 9.17) is 0 Å². The first-order valence-electron chi connectivity index (χ1n) is 7.06. The minimum absolute atomic E-state index is 0.0721. The highest BCUT2D eigenvalue weighted by molar-refractivity contribution is 9.10. The van der Waals surface area contributed by atoms with Crippen molar-refractivity contribution < 1.29 is 18.0 Å². The lowest BCUT2D eigenvalue weighted by Crippen LogP contribution is -2.45. The Bertz CT molecular complexity index is 943. The van der Waals surface area contributed by atoms with E-state index in [-0.39, 0.29) is 10.5 Å². The van der Waals surface area contributed by atoms with Crippen molar-refractivity contribution in [2.45, 2.75) is 17.9 Å². The number of hydrogen-bond acceptors (Lipinski definition) is 4. The second kappa shape index (κ2) is 6.03. The van der Waals surface area contributed by atoms with Crippen molar-refractivity contribution >= 4 is 43.5 Å². The van der Waals surface area contributed by atoms with Gasteiger partial charge in [-0.1, -0.05) is 34.1 Å². The summed E-state index contributed by atoms with van der Waals surface area (Å²) < 4.78 is 26.5. The first kappa shape index (κ1) is 16.7. The Morgan fingerprint density at radius 2 is 1.88 bits per heavy atom. The minimum Gasteiger partial charge on any atom is -0.324 e. The molecule has 24 heavy (non-hydrogen) atoms. The highest BCUT2D eigenvalue weighted by atomic mass is 79.9. The molecule has 8 heteroatoms. The molecular formula is C16H13BrN2O4S. The second-order valence-electron chi connectivity index (χ2n) is 5.28. The van der Waals surface area contributed by atoms with Crippen LogP contribution in [0.5, 0.6) is 0 Å². The molecule has 6 nitrogen and oxygen atoms in total. The molecule has 0 bridgehead atoms. The molecule has 0 fully saturated rings. The predicted octanol–water partition coefficient (Wildman–Crippen LogP) is 2.62. The number of halogens is 1. The van der Waals surface area contributed by atoms with E-state index in [1.165, 1.54) is 19.1 Å². The van der Waals surface area contributed by atoms with Gasteiger partial charge in [-0.05, 0) is 37.3 Å². The second-order valence-corrected chi connectivity index (χ2v) is 7.98. The fraction of sp³-hybridized carbons (Fsp3) is 0.125. The smallest absolute Gasteiger partial charge is 0.269 e. The van der Waals surface area contributed by atoms with Crippen LogP contribution >= 0.6 is 15.9 Å². The highest BCUT2D eigenvalue weighted by Gasteiger charge is 2.45. The normalized spacial score (nSPS) is 16.6. The molecule has 124 valence electrons. The van der Waals surface area contributed by atoms with Crippen LogP contribution in [0.4, 0.5) is 5.69 Å². The SMILES string of the molecule is CC(C(=O)Nc1cccc(Br)c1)N1C(=O)c2ccccc2S1(=O)=O. The van der Waals surface area contributed by atoms with Crippen LogP contribution in [0.1, 0.15) is 17.3 Å². The van der Waals surface area contributed by atoms with Gasteiger partial charge in [0.2, 0.25) is 5.91 Å². The molecule has 2 aromatic rings. The molecule has 1 heterocycles. The van der Waals surface area contributed by atoms with Crippen molar-refractivity contribution in [3.63, 3.8) is 0 Å². The molecule has 1 unspecified atom stereocenters. The van der Waals surface area contributed by atoms with Crippen LogP contribution < -0.4 is 5.32 Å². The molecule has 3 rings (SSSR count). The van der Waals surface area contributed by atoms with Gasteiger partial charge in [0.25, 0.3) is 15.9 Å². The Balaban J connectivity index is 1.89. The molecule has 2 amide bonds. The minimum atomic E-state index is -4.03. The Morgan fingerprint density at radius 1 is 1.17 bits per heavy atom. The quantitative estimate of drug-likeness (QED) is 0.845. The first-order valence-corrected chi connectivity index (χ1v) is 9.30. The van der Waals surface area contributed by atoms with Gasteiger partial charge in [-0.15, -0.1) is 0 Å². The first-order chi connectivity index (χ1) is 11.3. The monoisotopic (exact) mass is 408 g/mol. The van der Waals surface area contributed by atoms with Gasteiger partial charge in [0.1, 0.15) is 10.9 Å². The molecule has 1 aliphatic heterocycles. The summed E-state index contributed by atoms with van der Waals surface area (Å²) in [7, 11) is -4.03. The average Bonchev–Trinajstić information content (AvgIpc) is 2.74. The standard InChI is InChI=1S/C16H13BrN2O4S/c1-10(15(20)18-12-6-4-5-11(17)9-12)19-16(21)13-7-2-3-8-14(13)24(19,22)23/h2-10H,1H3,(H,18,20). The largest absolute Gasteiger partial charge is 0.324 e. The fourth-order valence-corrected chi connectivity index (χ4v) is 4.63. The molecule has 0 spiro atoms. The van der Waals surface area contributed by atoms with E-state index in [2.05, 4.69) is 21.2 Å². The van der Waals surface area contributed by atoms with Crippen LogP contribution in [0, 0.1) is 0 Å². The number of carbonyl (C=O) groups excluding carboxylic acids is 2. The third-order valence-electron chi connectivity index (χ3n) is 3.68. The van der Waals surface area contributed by atoms with E-state index >= 15 is 0 Å². The number of hydrogen-bond donors (Lipinski definition) is 1. The fourth-order valence-electron chi connectivity index (χ4n) is 2.51. The summed E-state index contributed by atoms with van der Waals surface area (Å²) in [5.74, 6) is -1.28. The number of sulfonamides is 1. The maximum Gasteiger partial charge on any atom is 0.269 e. The number of amides is 2. The zero-order valence-electron chi connectivity index (χ0n) is 12.6. The summed E-state index contributed by atoms with van der Waals surface area (Å²) in [6, 6.07) is 11.6. The number of nitrogens with zero attached hydrogens (tertiary/aromatic N) is 1. The number of anilines is 1. The Labute approximate surface area is 147 Å². The van der Waals surface area contributed by atoms with E-state index in [1.54, 1.807) is 36.4 Å². The average molecular weight is 409 g/mol. The van der Waals surface area contributed by atoms with Gasteiger partial charge in [0.15, 0.2) is 0 Å². The van der Waals surface area contributed by atoms with E-state index in [0.29, 0.717) is 9.99 Å². The molecule has 0 aliphatic carbocycles. The molecule has 1 aliphatic rings. The zero-order valence-corrected chi connectivity index (χ0v) is 15.0. The van der Waals surface area contributed by atoms with Gasteiger partial charge in [-0.3, -0.25) is 9.59 Å².